The van der Waals surface area contributed by atoms with Gasteiger partial charge in [-0.05, 0) is 37.8 Å². The highest BCUT2D eigenvalue weighted by Gasteiger charge is 2.35. The second kappa shape index (κ2) is 7.66. The van der Waals surface area contributed by atoms with Crippen LogP contribution in [0.2, 0.25) is 0 Å². The van der Waals surface area contributed by atoms with Crippen molar-refractivity contribution in [3.05, 3.63) is 35.4 Å². The Morgan fingerprint density at radius 2 is 1.75 bits per heavy atom. The molecular weight excluding hydrogens is 324 g/mol. The summed E-state index contributed by atoms with van der Waals surface area (Å²) in [6, 6.07) is 7.23. The Morgan fingerprint density at radius 1 is 1.17 bits per heavy atom. The Labute approximate surface area is 145 Å². The smallest absolute Gasteiger partial charge is 0.226 e. The zero-order valence-electron chi connectivity index (χ0n) is 14.8. The molecule has 134 valence electrons. The predicted molar refractivity (Wildman–Crippen MR) is 95.8 cm³/mol. The molecular formula is C18H28N2O3S. The van der Waals surface area contributed by atoms with E-state index in [0.29, 0.717) is 6.54 Å². The highest BCUT2D eigenvalue weighted by atomic mass is 32.2. The zero-order valence-corrected chi connectivity index (χ0v) is 15.6. The van der Waals surface area contributed by atoms with Crippen LogP contribution < -0.4 is 10.0 Å². The molecule has 1 aromatic carbocycles. The van der Waals surface area contributed by atoms with Crippen LogP contribution in [0.1, 0.15) is 57.6 Å². The average Bonchev–Trinajstić information content (AvgIpc) is 2.92. The molecule has 1 aromatic rings. The monoisotopic (exact) mass is 352 g/mol. The third kappa shape index (κ3) is 5.05. The van der Waals surface area contributed by atoms with E-state index in [0.717, 1.165) is 36.8 Å². The van der Waals surface area contributed by atoms with Gasteiger partial charge in [-0.3, -0.25) is 4.79 Å². The highest BCUT2D eigenvalue weighted by molar-refractivity contribution is 7.88. The molecule has 0 radical (unpaired) electrons. The molecule has 1 amide bonds. The minimum atomic E-state index is -3.39. The Balaban J connectivity index is 2.05. The van der Waals surface area contributed by atoms with Gasteiger partial charge in [0.15, 0.2) is 0 Å². The van der Waals surface area contributed by atoms with Crippen molar-refractivity contribution in [3.63, 3.8) is 0 Å². The number of benzene rings is 1. The first-order chi connectivity index (χ1) is 11.2. The summed E-state index contributed by atoms with van der Waals surface area (Å²) >= 11 is 0. The number of rotatable bonds is 7. The van der Waals surface area contributed by atoms with E-state index in [9.17, 15) is 13.2 Å². The zero-order chi connectivity index (χ0) is 17.8. The Kier molecular flexibility index (Phi) is 6.04. The van der Waals surface area contributed by atoms with Crippen LogP contribution in [0.3, 0.4) is 0 Å². The van der Waals surface area contributed by atoms with E-state index in [-0.39, 0.29) is 23.1 Å². The van der Waals surface area contributed by atoms with Crippen LogP contribution in [-0.2, 0) is 27.1 Å². The molecule has 0 unspecified atom stereocenters. The van der Waals surface area contributed by atoms with Gasteiger partial charge in [-0.2, -0.15) is 0 Å². The highest BCUT2D eigenvalue weighted by Crippen LogP contribution is 2.37. The second-order valence-electron chi connectivity index (χ2n) is 7.25. The van der Waals surface area contributed by atoms with Crippen LogP contribution in [0.5, 0.6) is 0 Å². The first-order valence-corrected chi connectivity index (χ1v) is 10.2. The van der Waals surface area contributed by atoms with Gasteiger partial charge in [0.2, 0.25) is 15.9 Å². The summed E-state index contributed by atoms with van der Waals surface area (Å²) < 4.78 is 26.9. The minimum absolute atomic E-state index is 0.0676. The second-order valence-corrected chi connectivity index (χ2v) is 9.00. The van der Waals surface area contributed by atoms with Gasteiger partial charge >= 0.3 is 0 Å². The maximum absolute atomic E-state index is 12.4. The summed E-state index contributed by atoms with van der Waals surface area (Å²) in [5, 5.41) is 2.99. The van der Waals surface area contributed by atoms with Crippen molar-refractivity contribution in [2.45, 2.75) is 64.8 Å². The summed E-state index contributed by atoms with van der Waals surface area (Å²) in [5.74, 6) is -0.00735. The molecule has 2 N–H and O–H groups in total. The van der Waals surface area contributed by atoms with Gasteiger partial charge < -0.3 is 5.32 Å². The van der Waals surface area contributed by atoms with Gasteiger partial charge in [0.1, 0.15) is 0 Å². The molecule has 0 saturated heterocycles. The van der Waals surface area contributed by atoms with Crippen LogP contribution >= 0.6 is 0 Å². The van der Waals surface area contributed by atoms with Gasteiger partial charge in [0.25, 0.3) is 0 Å². The quantitative estimate of drug-likeness (QED) is 0.792. The van der Waals surface area contributed by atoms with E-state index in [4.69, 9.17) is 0 Å². The van der Waals surface area contributed by atoms with E-state index in [1.807, 2.05) is 25.1 Å². The topological polar surface area (TPSA) is 75.3 Å². The van der Waals surface area contributed by atoms with Crippen molar-refractivity contribution < 1.29 is 13.2 Å². The van der Waals surface area contributed by atoms with E-state index < -0.39 is 10.0 Å². The van der Waals surface area contributed by atoms with Crippen LogP contribution in [0.25, 0.3) is 0 Å². The molecule has 24 heavy (non-hydrogen) atoms. The lowest BCUT2D eigenvalue weighted by Gasteiger charge is -2.22. The third-order valence-electron chi connectivity index (χ3n) is 4.57. The van der Waals surface area contributed by atoms with Crippen LogP contribution in [0.15, 0.2) is 24.3 Å². The summed E-state index contributed by atoms with van der Waals surface area (Å²) in [6.45, 7) is 5.97. The molecule has 5 nitrogen and oxygen atoms in total. The summed E-state index contributed by atoms with van der Waals surface area (Å²) in [6.07, 6.45) is 4.04. The standard InChI is InChI=1S/C18H28N2O3S/c1-14(2)20-24(22,23)13-16-9-5-4-8-15(16)12-19-17(21)18(3)10-6-7-11-18/h4-5,8-9,14,20H,6-7,10-13H2,1-3H3,(H,19,21). The van der Waals surface area contributed by atoms with Crippen molar-refractivity contribution in [2.75, 3.05) is 0 Å². The molecule has 0 spiro atoms. The van der Waals surface area contributed by atoms with Gasteiger partial charge in [-0.25, -0.2) is 13.1 Å². The molecule has 0 aromatic heterocycles. The van der Waals surface area contributed by atoms with Crippen LogP contribution in [0.4, 0.5) is 0 Å². The number of hydrogen-bond acceptors (Lipinski definition) is 3. The molecule has 0 bridgehead atoms. The van der Waals surface area contributed by atoms with Crippen LogP contribution in [-0.4, -0.2) is 20.4 Å². The normalized spacial score (nSPS) is 17.2. The number of carbonyl (C=O) groups is 1. The molecule has 2 rings (SSSR count). The summed E-state index contributed by atoms with van der Waals surface area (Å²) in [4.78, 5) is 12.4. The molecule has 1 saturated carbocycles. The maximum Gasteiger partial charge on any atom is 0.226 e. The minimum Gasteiger partial charge on any atom is -0.352 e. The predicted octanol–water partition coefficient (Wildman–Crippen LogP) is 2.71. The van der Waals surface area contributed by atoms with Crippen molar-refractivity contribution in [3.8, 4) is 0 Å². The van der Waals surface area contributed by atoms with Gasteiger partial charge in [0.05, 0.1) is 5.75 Å². The number of carbonyl (C=O) groups excluding carboxylic acids is 1. The van der Waals surface area contributed by atoms with Crippen molar-refractivity contribution in [1.82, 2.24) is 10.0 Å². The number of sulfonamides is 1. The number of amides is 1. The SMILES string of the molecule is CC(C)NS(=O)(=O)Cc1ccccc1CNC(=O)C1(C)CCCC1. The maximum atomic E-state index is 12.4. The van der Waals surface area contributed by atoms with Gasteiger partial charge in [-0.1, -0.05) is 44.0 Å². The third-order valence-corrected chi connectivity index (χ3v) is 6.10. The Bertz CT molecular complexity index is 677. The molecule has 0 heterocycles. The lowest BCUT2D eigenvalue weighted by atomic mass is 9.88. The number of hydrogen-bond donors (Lipinski definition) is 2. The van der Waals surface area contributed by atoms with E-state index in [2.05, 4.69) is 10.0 Å². The average molecular weight is 353 g/mol. The van der Waals surface area contributed by atoms with Gasteiger partial charge in [0, 0.05) is 18.0 Å². The lowest BCUT2D eigenvalue weighted by Crippen LogP contribution is -2.37. The lowest BCUT2D eigenvalue weighted by molar-refractivity contribution is -0.130. The van der Waals surface area contributed by atoms with Crippen molar-refractivity contribution in [2.24, 2.45) is 5.41 Å². The first-order valence-electron chi connectivity index (χ1n) is 8.57. The molecule has 0 atom stereocenters. The molecule has 1 fully saturated rings. The van der Waals surface area contributed by atoms with E-state index in [1.165, 1.54) is 0 Å². The summed E-state index contributed by atoms with van der Waals surface area (Å²) in [7, 11) is -3.39. The fourth-order valence-electron chi connectivity index (χ4n) is 3.25. The van der Waals surface area contributed by atoms with Crippen molar-refractivity contribution in [1.29, 1.82) is 0 Å². The fraction of sp³-hybridized carbons (Fsp3) is 0.611. The molecule has 1 aliphatic rings. The first kappa shape index (κ1) is 18.9. The number of nitrogens with one attached hydrogen (secondary N) is 2. The summed E-state index contributed by atoms with van der Waals surface area (Å²) in [5.41, 5.74) is 1.30. The molecule has 0 aliphatic heterocycles. The van der Waals surface area contributed by atoms with Crippen LogP contribution in [0, 0.1) is 5.41 Å². The molecule has 6 heteroatoms. The van der Waals surface area contributed by atoms with Crippen molar-refractivity contribution >= 4 is 15.9 Å². The fourth-order valence-corrected chi connectivity index (χ4v) is 4.74. The van der Waals surface area contributed by atoms with E-state index >= 15 is 0 Å². The van der Waals surface area contributed by atoms with Gasteiger partial charge in [-0.15, -0.1) is 0 Å². The largest absolute Gasteiger partial charge is 0.352 e. The molecule has 1 aliphatic carbocycles. The Hall–Kier alpha value is -1.40. The van der Waals surface area contributed by atoms with E-state index in [1.54, 1.807) is 19.9 Å². The Morgan fingerprint density at radius 3 is 2.33 bits per heavy atom.